The zero-order valence-corrected chi connectivity index (χ0v) is 9.48. The molecule has 4 rings (SSSR count). The van der Waals surface area contributed by atoms with E-state index < -0.39 is 0 Å². The van der Waals surface area contributed by atoms with E-state index in [9.17, 15) is 0 Å². The van der Waals surface area contributed by atoms with Crippen LogP contribution < -0.4 is 4.90 Å². The van der Waals surface area contributed by atoms with Crippen molar-refractivity contribution in [1.82, 2.24) is 0 Å². The van der Waals surface area contributed by atoms with Gasteiger partial charge in [0.05, 0.1) is 0 Å². The summed E-state index contributed by atoms with van der Waals surface area (Å²) in [5.41, 5.74) is 5.45. The highest BCUT2D eigenvalue weighted by Crippen LogP contribution is 2.30. The van der Waals surface area contributed by atoms with Crippen LogP contribution in [0.1, 0.15) is 11.1 Å². The van der Waals surface area contributed by atoms with Crippen molar-refractivity contribution in [1.29, 1.82) is 0 Å². The molecular formula is C15H15N. The first-order valence-corrected chi connectivity index (χ1v) is 5.75. The van der Waals surface area contributed by atoms with Crippen LogP contribution in [0.3, 0.4) is 0 Å². The van der Waals surface area contributed by atoms with Gasteiger partial charge in [0.1, 0.15) is 0 Å². The molecule has 1 heteroatoms. The molecule has 0 fully saturated rings. The minimum Gasteiger partial charge on any atom is -0.344 e. The summed E-state index contributed by atoms with van der Waals surface area (Å²) in [6.45, 7) is 0. The zero-order valence-electron chi connectivity index (χ0n) is 9.48. The maximum Gasteiger partial charge on any atom is 0.0440 e. The Balaban J connectivity index is 2.18. The fourth-order valence-corrected chi connectivity index (χ4v) is 2.35. The van der Waals surface area contributed by atoms with Gasteiger partial charge in [-0.15, -0.1) is 0 Å². The second-order valence-corrected chi connectivity index (χ2v) is 4.35. The lowest BCUT2D eigenvalue weighted by Gasteiger charge is -2.21. The van der Waals surface area contributed by atoms with Gasteiger partial charge in [-0.05, 0) is 42.2 Å². The topological polar surface area (TPSA) is 3.24 Å². The van der Waals surface area contributed by atoms with Crippen LogP contribution in [0.2, 0.25) is 0 Å². The number of hydrogen-bond acceptors (Lipinski definition) is 1. The van der Waals surface area contributed by atoms with Crippen molar-refractivity contribution < 1.29 is 0 Å². The summed E-state index contributed by atoms with van der Waals surface area (Å²) in [5, 5.41) is 0. The van der Waals surface area contributed by atoms with Crippen LogP contribution in [-0.4, -0.2) is 7.05 Å². The molecule has 0 N–H and O–H groups in total. The number of rotatable bonds is 0. The quantitative estimate of drug-likeness (QED) is 0.641. The van der Waals surface area contributed by atoms with Crippen LogP contribution in [0.15, 0.2) is 48.5 Å². The summed E-state index contributed by atoms with van der Waals surface area (Å²) in [6.07, 6.45) is 2.25. The van der Waals surface area contributed by atoms with Gasteiger partial charge < -0.3 is 4.90 Å². The molecule has 0 unspecified atom stereocenters. The number of anilines is 2. The first kappa shape index (κ1) is 9.46. The second kappa shape index (κ2) is 3.67. The maximum atomic E-state index is 2.27. The predicted molar refractivity (Wildman–Crippen MR) is 68.4 cm³/mol. The minimum absolute atomic E-state index is 1.12. The number of aryl methyl sites for hydroxylation is 2. The lowest BCUT2D eigenvalue weighted by atomic mass is 10.0. The zero-order chi connectivity index (χ0) is 11.0. The summed E-state index contributed by atoms with van der Waals surface area (Å²) in [5.74, 6) is 0. The third-order valence-electron chi connectivity index (χ3n) is 3.36. The number of para-hydroxylation sites is 1. The molecule has 0 aromatic heterocycles. The highest BCUT2D eigenvalue weighted by atomic mass is 15.1. The fourth-order valence-electron chi connectivity index (χ4n) is 2.35. The predicted octanol–water partition coefficient (Wildman–Crippen LogP) is 3.55. The first-order valence-electron chi connectivity index (χ1n) is 5.75. The van der Waals surface area contributed by atoms with Crippen molar-refractivity contribution in [2.45, 2.75) is 12.8 Å². The molecule has 0 amide bonds. The summed E-state index contributed by atoms with van der Waals surface area (Å²) in [7, 11) is 2.14. The lowest BCUT2D eigenvalue weighted by molar-refractivity contribution is 0.961. The Morgan fingerprint density at radius 2 is 1.62 bits per heavy atom. The van der Waals surface area contributed by atoms with Gasteiger partial charge in [0.25, 0.3) is 0 Å². The van der Waals surface area contributed by atoms with Gasteiger partial charge in [0.2, 0.25) is 0 Å². The highest BCUT2D eigenvalue weighted by molar-refractivity contribution is 5.66. The van der Waals surface area contributed by atoms with Crippen molar-refractivity contribution in [2.24, 2.45) is 0 Å². The standard InChI is InChI=1S/C15H15N/c1-16-14-10-7-12(8-11-14)6-9-13-4-2-3-5-15(13)16/h2-5,7-8,10-11H,6,9H2,1H3. The average molecular weight is 209 g/mol. The van der Waals surface area contributed by atoms with E-state index in [1.165, 1.54) is 22.5 Å². The van der Waals surface area contributed by atoms with Crippen molar-refractivity contribution in [3.05, 3.63) is 59.7 Å². The largest absolute Gasteiger partial charge is 0.344 e. The van der Waals surface area contributed by atoms with E-state index in [4.69, 9.17) is 0 Å². The van der Waals surface area contributed by atoms with E-state index in [0.29, 0.717) is 0 Å². The van der Waals surface area contributed by atoms with Gasteiger partial charge in [0, 0.05) is 18.4 Å². The van der Waals surface area contributed by atoms with Crippen molar-refractivity contribution in [3.63, 3.8) is 0 Å². The first-order chi connectivity index (χ1) is 7.84. The SMILES string of the molecule is CN1c2ccc(cc2)CCc2ccccc21. The molecular weight excluding hydrogens is 194 g/mol. The Hall–Kier alpha value is -1.76. The van der Waals surface area contributed by atoms with E-state index in [-0.39, 0.29) is 0 Å². The third-order valence-corrected chi connectivity index (χ3v) is 3.36. The van der Waals surface area contributed by atoms with E-state index in [0.717, 1.165) is 12.8 Å². The van der Waals surface area contributed by atoms with Crippen LogP contribution in [0.25, 0.3) is 0 Å². The number of benzene rings is 2. The fraction of sp³-hybridized carbons (Fsp3) is 0.200. The van der Waals surface area contributed by atoms with Gasteiger partial charge in [-0.25, -0.2) is 0 Å². The van der Waals surface area contributed by atoms with Crippen LogP contribution >= 0.6 is 0 Å². The van der Waals surface area contributed by atoms with Gasteiger partial charge in [-0.2, -0.15) is 0 Å². The molecule has 2 aromatic carbocycles. The molecule has 1 nitrogen and oxygen atoms in total. The van der Waals surface area contributed by atoms with Gasteiger partial charge >= 0.3 is 0 Å². The van der Waals surface area contributed by atoms with E-state index >= 15 is 0 Å². The lowest BCUT2D eigenvalue weighted by Crippen LogP contribution is -2.10. The van der Waals surface area contributed by atoms with Gasteiger partial charge in [0.15, 0.2) is 0 Å². The summed E-state index contributed by atoms with van der Waals surface area (Å²) in [6, 6.07) is 17.6. The van der Waals surface area contributed by atoms with Gasteiger partial charge in [-0.1, -0.05) is 30.3 Å². The Morgan fingerprint density at radius 1 is 0.875 bits per heavy atom. The average Bonchev–Trinajstić information content (AvgIpc) is 2.45. The molecule has 16 heavy (non-hydrogen) atoms. The van der Waals surface area contributed by atoms with Gasteiger partial charge in [-0.3, -0.25) is 0 Å². The molecule has 2 aliphatic heterocycles. The molecule has 2 heterocycles. The molecule has 2 bridgehead atoms. The Labute approximate surface area is 96.3 Å². The third kappa shape index (κ3) is 1.49. The number of fused-ring (bicyclic) bond motifs is 3. The molecule has 0 aliphatic carbocycles. The van der Waals surface area contributed by atoms with Crippen LogP contribution in [0.4, 0.5) is 11.4 Å². The summed E-state index contributed by atoms with van der Waals surface area (Å²) >= 11 is 0. The monoisotopic (exact) mass is 209 g/mol. The molecule has 2 aliphatic rings. The van der Waals surface area contributed by atoms with Crippen LogP contribution in [0, 0.1) is 0 Å². The maximum absolute atomic E-state index is 2.27. The second-order valence-electron chi connectivity index (χ2n) is 4.35. The molecule has 0 radical (unpaired) electrons. The normalized spacial score (nSPS) is 13.9. The molecule has 0 spiro atoms. The van der Waals surface area contributed by atoms with Crippen molar-refractivity contribution in [3.8, 4) is 0 Å². The molecule has 2 aromatic rings. The minimum atomic E-state index is 1.12. The Bertz CT molecular complexity index is 499. The highest BCUT2D eigenvalue weighted by Gasteiger charge is 2.11. The molecule has 0 saturated carbocycles. The van der Waals surface area contributed by atoms with Crippen LogP contribution in [0.5, 0.6) is 0 Å². The number of nitrogens with zero attached hydrogens (tertiary/aromatic N) is 1. The Kier molecular flexibility index (Phi) is 2.17. The smallest absolute Gasteiger partial charge is 0.0440 e. The number of hydrogen-bond donors (Lipinski definition) is 0. The van der Waals surface area contributed by atoms with Crippen LogP contribution in [-0.2, 0) is 12.8 Å². The molecule has 0 saturated heterocycles. The van der Waals surface area contributed by atoms with Crippen molar-refractivity contribution in [2.75, 3.05) is 11.9 Å². The summed E-state index contributed by atoms with van der Waals surface area (Å²) < 4.78 is 0. The molecule has 0 atom stereocenters. The summed E-state index contributed by atoms with van der Waals surface area (Å²) in [4.78, 5) is 2.27. The van der Waals surface area contributed by atoms with E-state index in [1.807, 2.05) is 0 Å². The van der Waals surface area contributed by atoms with E-state index in [1.54, 1.807) is 0 Å². The van der Waals surface area contributed by atoms with E-state index in [2.05, 4.69) is 60.5 Å². The van der Waals surface area contributed by atoms with Crippen molar-refractivity contribution >= 4 is 11.4 Å². The molecule has 80 valence electrons. The Morgan fingerprint density at radius 3 is 2.44 bits per heavy atom.